The summed E-state index contributed by atoms with van der Waals surface area (Å²) in [7, 11) is 0. The van der Waals surface area contributed by atoms with Crippen molar-refractivity contribution < 1.29 is 9.59 Å². The van der Waals surface area contributed by atoms with Crippen molar-refractivity contribution in [2.75, 3.05) is 0 Å². The van der Waals surface area contributed by atoms with Crippen molar-refractivity contribution in [1.29, 1.82) is 0 Å². The standard InChI is InChI=1S/C27H27N3O2/c1-20-12-14-22(15-13-20)25-11-5-10-24(29-27(32)23-9-6-16-28-18-23)17-26(31)30(25)19-21-7-3-2-4-8-21/h2-9,11-16,18,24-25H,10,17,19H2,1H3,(H,29,32)/b11-5-/t24-,25+/m0/s1. The highest BCUT2D eigenvalue weighted by Crippen LogP contribution is 2.28. The quantitative estimate of drug-likeness (QED) is 0.608. The Morgan fingerprint density at radius 2 is 1.84 bits per heavy atom. The second kappa shape index (κ2) is 10.1. The molecule has 2 atom stereocenters. The lowest BCUT2D eigenvalue weighted by molar-refractivity contribution is -0.134. The summed E-state index contributed by atoms with van der Waals surface area (Å²) >= 11 is 0. The number of hydrogen-bond donors (Lipinski definition) is 1. The lowest BCUT2D eigenvalue weighted by Gasteiger charge is -2.33. The first-order chi connectivity index (χ1) is 15.6. The van der Waals surface area contributed by atoms with E-state index in [1.165, 1.54) is 11.8 Å². The van der Waals surface area contributed by atoms with E-state index in [2.05, 4.69) is 53.6 Å². The average Bonchev–Trinajstić information content (AvgIpc) is 2.81. The summed E-state index contributed by atoms with van der Waals surface area (Å²) in [6, 6.07) is 21.3. The van der Waals surface area contributed by atoms with E-state index in [0.717, 1.165) is 11.1 Å². The summed E-state index contributed by atoms with van der Waals surface area (Å²) in [5.41, 5.74) is 3.82. The zero-order chi connectivity index (χ0) is 22.3. The van der Waals surface area contributed by atoms with Crippen LogP contribution in [0.15, 0.2) is 91.3 Å². The number of carbonyl (C=O) groups is 2. The Morgan fingerprint density at radius 3 is 2.56 bits per heavy atom. The summed E-state index contributed by atoms with van der Waals surface area (Å²) in [5.74, 6) is -0.199. The molecule has 0 unspecified atom stereocenters. The minimum atomic E-state index is -0.274. The molecule has 0 spiro atoms. The van der Waals surface area contributed by atoms with E-state index < -0.39 is 0 Å². The Labute approximate surface area is 188 Å². The van der Waals surface area contributed by atoms with E-state index in [1.807, 2.05) is 35.2 Å². The first-order valence-electron chi connectivity index (χ1n) is 10.9. The molecule has 2 amide bonds. The third-order valence-corrected chi connectivity index (χ3v) is 5.69. The number of aryl methyl sites for hydroxylation is 1. The van der Waals surface area contributed by atoms with E-state index in [1.54, 1.807) is 18.3 Å². The minimum absolute atomic E-state index is 0.0141. The predicted molar refractivity (Wildman–Crippen MR) is 125 cm³/mol. The van der Waals surface area contributed by atoms with Gasteiger partial charge in [-0.1, -0.05) is 72.3 Å². The van der Waals surface area contributed by atoms with Gasteiger partial charge in [0.15, 0.2) is 0 Å². The van der Waals surface area contributed by atoms with Crippen LogP contribution in [0.25, 0.3) is 0 Å². The molecule has 2 heterocycles. The highest BCUT2D eigenvalue weighted by atomic mass is 16.2. The molecular formula is C27H27N3O2. The molecule has 0 fully saturated rings. The van der Waals surface area contributed by atoms with Gasteiger partial charge in [-0.15, -0.1) is 0 Å². The van der Waals surface area contributed by atoms with Gasteiger partial charge in [0.25, 0.3) is 5.91 Å². The summed E-state index contributed by atoms with van der Waals surface area (Å²) in [6.45, 7) is 2.56. The number of hydrogen-bond acceptors (Lipinski definition) is 3. The molecule has 1 N–H and O–H groups in total. The lowest BCUT2D eigenvalue weighted by atomic mass is 9.97. The zero-order valence-corrected chi connectivity index (χ0v) is 18.1. The highest BCUT2D eigenvalue weighted by molar-refractivity contribution is 5.94. The number of carbonyl (C=O) groups excluding carboxylic acids is 2. The van der Waals surface area contributed by atoms with Crippen molar-refractivity contribution in [2.24, 2.45) is 0 Å². The van der Waals surface area contributed by atoms with Gasteiger partial charge in [0.05, 0.1) is 11.6 Å². The Morgan fingerprint density at radius 1 is 1.06 bits per heavy atom. The second-order valence-electron chi connectivity index (χ2n) is 8.14. The lowest BCUT2D eigenvalue weighted by Crippen LogP contribution is -2.42. The summed E-state index contributed by atoms with van der Waals surface area (Å²) in [5, 5.41) is 3.00. The fourth-order valence-electron chi connectivity index (χ4n) is 3.94. The second-order valence-corrected chi connectivity index (χ2v) is 8.14. The van der Waals surface area contributed by atoms with Crippen molar-refractivity contribution in [3.63, 3.8) is 0 Å². The topological polar surface area (TPSA) is 62.3 Å². The Bertz CT molecular complexity index is 1080. The SMILES string of the molecule is Cc1ccc([C@H]2/C=C\C[C@H](NC(=O)c3cccnc3)CC(=O)N2Cc2ccccc2)cc1. The van der Waals surface area contributed by atoms with Crippen LogP contribution in [0.4, 0.5) is 0 Å². The number of benzene rings is 2. The van der Waals surface area contributed by atoms with Crippen LogP contribution >= 0.6 is 0 Å². The van der Waals surface area contributed by atoms with Crippen LogP contribution in [-0.4, -0.2) is 27.7 Å². The van der Waals surface area contributed by atoms with Crippen LogP contribution < -0.4 is 5.32 Å². The summed E-state index contributed by atoms with van der Waals surface area (Å²) < 4.78 is 0. The minimum Gasteiger partial charge on any atom is -0.348 e. The van der Waals surface area contributed by atoms with Gasteiger partial charge in [-0.05, 0) is 36.6 Å². The average molecular weight is 426 g/mol. The van der Waals surface area contributed by atoms with Gasteiger partial charge in [-0.25, -0.2) is 0 Å². The largest absolute Gasteiger partial charge is 0.348 e. The molecule has 2 aromatic carbocycles. The molecule has 3 aromatic rings. The first kappa shape index (κ1) is 21.5. The Kier molecular flexibility index (Phi) is 6.75. The highest BCUT2D eigenvalue weighted by Gasteiger charge is 2.28. The molecule has 1 aliphatic rings. The number of aromatic nitrogens is 1. The van der Waals surface area contributed by atoms with Crippen LogP contribution in [0, 0.1) is 6.92 Å². The van der Waals surface area contributed by atoms with Crippen LogP contribution in [0.5, 0.6) is 0 Å². The Balaban J connectivity index is 1.59. The normalized spacial score (nSPS) is 19.7. The molecule has 0 aliphatic carbocycles. The zero-order valence-electron chi connectivity index (χ0n) is 18.1. The molecular weight excluding hydrogens is 398 g/mol. The molecule has 0 saturated carbocycles. The molecule has 4 rings (SSSR count). The number of rotatable bonds is 5. The smallest absolute Gasteiger partial charge is 0.253 e. The van der Waals surface area contributed by atoms with E-state index in [9.17, 15) is 9.59 Å². The maximum absolute atomic E-state index is 13.5. The van der Waals surface area contributed by atoms with Gasteiger partial charge in [0, 0.05) is 31.4 Å². The van der Waals surface area contributed by atoms with E-state index in [0.29, 0.717) is 18.5 Å². The van der Waals surface area contributed by atoms with Crippen molar-refractivity contribution in [1.82, 2.24) is 15.2 Å². The summed E-state index contributed by atoms with van der Waals surface area (Å²) in [6.07, 6.45) is 8.15. The molecule has 0 bridgehead atoms. The molecule has 162 valence electrons. The van der Waals surface area contributed by atoms with Crippen molar-refractivity contribution in [2.45, 2.75) is 38.4 Å². The monoisotopic (exact) mass is 425 g/mol. The molecule has 32 heavy (non-hydrogen) atoms. The van der Waals surface area contributed by atoms with Crippen molar-refractivity contribution in [3.05, 3.63) is 114 Å². The van der Waals surface area contributed by atoms with E-state index in [-0.39, 0.29) is 30.3 Å². The third kappa shape index (κ3) is 5.30. The predicted octanol–water partition coefficient (Wildman–Crippen LogP) is 4.61. The van der Waals surface area contributed by atoms with Crippen LogP contribution in [0.3, 0.4) is 0 Å². The van der Waals surface area contributed by atoms with Crippen molar-refractivity contribution >= 4 is 11.8 Å². The maximum atomic E-state index is 13.5. The van der Waals surface area contributed by atoms with E-state index >= 15 is 0 Å². The van der Waals surface area contributed by atoms with Gasteiger partial charge in [0.2, 0.25) is 5.91 Å². The maximum Gasteiger partial charge on any atom is 0.253 e. The third-order valence-electron chi connectivity index (χ3n) is 5.69. The van der Waals surface area contributed by atoms with Gasteiger partial charge in [-0.2, -0.15) is 0 Å². The fourth-order valence-corrected chi connectivity index (χ4v) is 3.94. The first-order valence-corrected chi connectivity index (χ1v) is 10.9. The number of pyridine rings is 1. The van der Waals surface area contributed by atoms with Crippen LogP contribution in [0.1, 0.15) is 45.9 Å². The number of amides is 2. The molecule has 0 radical (unpaired) electrons. The molecule has 5 heteroatoms. The Hall–Kier alpha value is -3.73. The fraction of sp³-hybridized carbons (Fsp3) is 0.222. The molecule has 1 aromatic heterocycles. The number of nitrogens with one attached hydrogen (secondary N) is 1. The molecule has 1 aliphatic heterocycles. The van der Waals surface area contributed by atoms with E-state index in [4.69, 9.17) is 0 Å². The summed E-state index contributed by atoms with van der Waals surface area (Å²) in [4.78, 5) is 32.0. The molecule has 0 saturated heterocycles. The van der Waals surface area contributed by atoms with Gasteiger partial charge < -0.3 is 10.2 Å². The number of nitrogens with zero attached hydrogens (tertiary/aromatic N) is 2. The van der Waals surface area contributed by atoms with Gasteiger partial charge >= 0.3 is 0 Å². The molecule has 5 nitrogen and oxygen atoms in total. The van der Waals surface area contributed by atoms with Crippen LogP contribution in [0.2, 0.25) is 0 Å². The van der Waals surface area contributed by atoms with Gasteiger partial charge in [-0.3, -0.25) is 14.6 Å². The van der Waals surface area contributed by atoms with Crippen LogP contribution in [-0.2, 0) is 11.3 Å². The van der Waals surface area contributed by atoms with Gasteiger partial charge in [0.1, 0.15) is 0 Å². The van der Waals surface area contributed by atoms with Crippen molar-refractivity contribution in [3.8, 4) is 0 Å².